The van der Waals surface area contributed by atoms with Gasteiger partial charge in [0, 0.05) is 18.0 Å². The molecule has 9 heteroatoms. The van der Waals surface area contributed by atoms with Gasteiger partial charge in [0.1, 0.15) is 17.6 Å². The molecule has 0 fully saturated rings. The smallest absolute Gasteiger partial charge is 0.453 e. The summed E-state index contributed by atoms with van der Waals surface area (Å²) in [4.78, 5) is 16.7. The highest BCUT2D eigenvalue weighted by atomic mass is 19.4. The minimum atomic E-state index is -4.70. The van der Waals surface area contributed by atoms with Gasteiger partial charge < -0.3 is 9.73 Å². The summed E-state index contributed by atoms with van der Waals surface area (Å²) in [5.41, 5.74) is 1.48. The number of furan rings is 1. The van der Waals surface area contributed by atoms with Gasteiger partial charge in [0.05, 0.1) is 12.2 Å². The number of hydrogen-bond acceptors (Lipinski definition) is 5. The van der Waals surface area contributed by atoms with Gasteiger partial charge in [-0.25, -0.2) is 4.68 Å². The first-order chi connectivity index (χ1) is 13.9. The van der Waals surface area contributed by atoms with Crippen LogP contribution in [0.1, 0.15) is 35.5 Å². The van der Waals surface area contributed by atoms with E-state index in [-0.39, 0.29) is 24.1 Å². The van der Waals surface area contributed by atoms with Crippen LogP contribution in [0.15, 0.2) is 64.9 Å². The summed E-state index contributed by atoms with van der Waals surface area (Å²) in [5.74, 6) is -1.97. The molecule has 3 aromatic rings. The Balaban J connectivity index is 1.64. The fraction of sp³-hybridized carbons (Fsp3) is 0.250. The number of aromatic nitrogens is 3. The van der Waals surface area contributed by atoms with E-state index in [4.69, 9.17) is 4.42 Å². The van der Waals surface area contributed by atoms with Gasteiger partial charge in [-0.1, -0.05) is 36.4 Å². The molecule has 0 unspecified atom stereocenters. The van der Waals surface area contributed by atoms with Crippen LogP contribution in [0.5, 0.6) is 0 Å². The second kappa shape index (κ2) is 6.33. The third-order valence-corrected chi connectivity index (χ3v) is 5.27. The summed E-state index contributed by atoms with van der Waals surface area (Å²) >= 11 is 0. The number of carbonyl (C=O) groups is 1. The monoisotopic (exact) mass is 400 g/mol. The Morgan fingerprint density at radius 1 is 1.14 bits per heavy atom. The molecule has 0 saturated heterocycles. The number of rotatable bonds is 2. The average Bonchev–Trinajstić information content (AvgIpc) is 3.36. The summed E-state index contributed by atoms with van der Waals surface area (Å²) in [5, 5.41) is 6.54. The van der Waals surface area contributed by atoms with Gasteiger partial charge in [0.25, 0.3) is 5.82 Å². The van der Waals surface area contributed by atoms with E-state index in [1.54, 1.807) is 12.1 Å². The number of nitrogens with one attached hydrogen (secondary N) is 1. The van der Waals surface area contributed by atoms with Crippen molar-refractivity contribution in [3.05, 3.63) is 77.6 Å². The molecule has 0 saturated carbocycles. The Hall–Kier alpha value is -3.36. The van der Waals surface area contributed by atoms with Crippen molar-refractivity contribution in [3.8, 4) is 0 Å². The largest absolute Gasteiger partial charge is 0.467 e. The van der Waals surface area contributed by atoms with Gasteiger partial charge in [0.15, 0.2) is 0 Å². The van der Waals surface area contributed by atoms with Gasteiger partial charge in [-0.3, -0.25) is 4.79 Å². The van der Waals surface area contributed by atoms with E-state index in [0.717, 1.165) is 10.2 Å². The van der Waals surface area contributed by atoms with E-state index < -0.39 is 24.0 Å². The third-order valence-electron chi connectivity index (χ3n) is 5.27. The molecular weight excluding hydrogens is 385 g/mol. The maximum absolute atomic E-state index is 13.2. The zero-order valence-corrected chi connectivity index (χ0v) is 14.9. The first kappa shape index (κ1) is 17.7. The molecule has 1 aromatic carbocycles. The van der Waals surface area contributed by atoms with Crippen LogP contribution in [0.3, 0.4) is 0 Å². The highest BCUT2D eigenvalue weighted by molar-refractivity contribution is 5.88. The number of hydrogen-bond donors (Lipinski definition) is 1. The number of alkyl halides is 3. The molecule has 29 heavy (non-hydrogen) atoms. The second-order valence-electron chi connectivity index (χ2n) is 7.07. The number of nitrogens with zero attached hydrogens (tertiary/aromatic N) is 3. The van der Waals surface area contributed by atoms with E-state index in [1.165, 1.54) is 6.26 Å². The van der Waals surface area contributed by atoms with Crippen molar-refractivity contribution in [3.63, 3.8) is 0 Å². The van der Waals surface area contributed by atoms with Crippen LogP contribution < -0.4 is 5.32 Å². The molecular formula is C20H15F3N4O2. The minimum Gasteiger partial charge on any atom is -0.467 e. The number of anilines is 1. The van der Waals surface area contributed by atoms with Crippen molar-refractivity contribution in [2.45, 2.75) is 24.6 Å². The third kappa shape index (κ3) is 2.93. The lowest BCUT2D eigenvalue weighted by Gasteiger charge is -2.36. The van der Waals surface area contributed by atoms with Crippen molar-refractivity contribution in [2.75, 3.05) is 5.32 Å². The molecule has 148 valence electrons. The molecule has 2 aromatic heterocycles. The number of fused-ring (bicyclic) bond motifs is 2. The van der Waals surface area contributed by atoms with Crippen LogP contribution in [0.4, 0.5) is 19.1 Å². The zero-order valence-electron chi connectivity index (χ0n) is 14.9. The predicted molar refractivity (Wildman–Crippen MR) is 95.9 cm³/mol. The van der Waals surface area contributed by atoms with Gasteiger partial charge in [0.2, 0.25) is 5.95 Å². The van der Waals surface area contributed by atoms with E-state index in [2.05, 4.69) is 15.4 Å². The number of Topliss-reactive ketones (excluding diaryl/α,β-unsaturated/α-hetero) is 1. The van der Waals surface area contributed by atoms with Crippen LogP contribution in [0.25, 0.3) is 0 Å². The number of carbonyl (C=O) groups excluding carboxylic acids is 1. The maximum atomic E-state index is 13.2. The Morgan fingerprint density at radius 2 is 1.93 bits per heavy atom. The van der Waals surface area contributed by atoms with Crippen LogP contribution in [-0.2, 0) is 11.0 Å². The van der Waals surface area contributed by atoms with Crippen molar-refractivity contribution in [1.29, 1.82) is 0 Å². The number of halogens is 3. The Morgan fingerprint density at radius 3 is 2.62 bits per heavy atom. The van der Waals surface area contributed by atoms with Crippen molar-refractivity contribution < 1.29 is 22.4 Å². The molecule has 0 amide bonds. The van der Waals surface area contributed by atoms with E-state index in [1.807, 2.05) is 36.4 Å². The fourth-order valence-corrected chi connectivity index (χ4v) is 4.01. The molecule has 6 nitrogen and oxygen atoms in total. The van der Waals surface area contributed by atoms with Crippen molar-refractivity contribution in [1.82, 2.24) is 14.8 Å². The number of benzene rings is 1. The standard InChI is InChI=1S/C20H15F3N4O2/c21-20(22,23)18-25-19-24-13-9-12(11-5-2-1-3-6-11)10-14(28)16(13)17(27(19)26-18)15-7-4-8-29-15/h1-9,12,16-17H,10H2,(H,24,25,26)/t12-,16-,17-/m0/s1. The van der Waals surface area contributed by atoms with Gasteiger partial charge in [-0.2, -0.15) is 18.2 Å². The Bertz CT molecular complexity index is 1090. The maximum Gasteiger partial charge on any atom is 0.453 e. The minimum absolute atomic E-state index is 0.0669. The summed E-state index contributed by atoms with van der Waals surface area (Å²) in [7, 11) is 0. The molecule has 1 N–H and O–H groups in total. The zero-order chi connectivity index (χ0) is 20.2. The van der Waals surface area contributed by atoms with E-state index in [0.29, 0.717) is 11.5 Å². The van der Waals surface area contributed by atoms with Crippen molar-refractivity contribution >= 4 is 11.7 Å². The molecule has 0 radical (unpaired) electrons. The fourth-order valence-electron chi connectivity index (χ4n) is 4.01. The summed E-state index contributed by atoms with van der Waals surface area (Å²) in [6.07, 6.45) is -1.14. The van der Waals surface area contributed by atoms with Gasteiger partial charge in [-0.15, -0.1) is 5.10 Å². The van der Waals surface area contributed by atoms with Crippen LogP contribution in [0.2, 0.25) is 0 Å². The molecule has 3 atom stereocenters. The van der Waals surface area contributed by atoms with Crippen LogP contribution in [-0.4, -0.2) is 20.5 Å². The van der Waals surface area contributed by atoms with E-state index >= 15 is 0 Å². The van der Waals surface area contributed by atoms with Crippen LogP contribution >= 0.6 is 0 Å². The van der Waals surface area contributed by atoms with Gasteiger partial charge in [-0.05, 0) is 17.7 Å². The SMILES string of the molecule is O=C1C[C@@H](c2ccccc2)C=C2Nc3nc(C(F)(F)F)nn3[C@@H](c3ccco3)[C@H]12. The summed E-state index contributed by atoms with van der Waals surface area (Å²) < 4.78 is 46.2. The molecule has 1 aliphatic carbocycles. The highest BCUT2D eigenvalue weighted by Crippen LogP contribution is 2.45. The normalized spacial score (nSPS) is 23.8. The Kier molecular flexibility index (Phi) is 3.87. The predicted octanol–water partition coefficient (Wildman–Crippen LogP) is 4.16. The lowest BCUT2D eigenvalue weighted by atomic mass is 9.77. The van der Waals surface area contributed by atoms with E-state index in [9.17, 15) is 18.0 Å². The first-order valence-electron chi connectivity index (χ1n) is 9.05. The molecule has 5 rings (SSSR count). The highest BCUT2D eigenvalue weighted by Gasteiger charge is 2.47. The molecule has 3 heterocycles. The lowest BCUT2D eigenvalue weighted by Crippen LogP contribution is -2.40. The topological polar surface area (TPSA) is 73.0 Å². The molecule has 1 aliphatic heterocycles. The van der Waals surface area contributed by atoms with Gasteiger partial charge >= 0.3 is 6.18 Å². The van der Waals surface area contributed by atoms with Crippen molar-refractivity contribution in [2.24, 2.45) is 5.92 Å². The number of ketones is 1. The first-order valence-corrected chi connectivity index (χ1v) is 9.05. The second-order valence-corrected chi connectivity index (χ2v) is 7.07. The molecule has 0 bridgehead atoms. The number of allylic oxidation sites excluding steroid dienone is 2. The summed E-state index contributed by atoms with van der Waals surface area (Å²) in [6.45, 7) is 0. The average molecular weight is 400 g/mol. The Labute approximate surface area is 163 Å². The molecule has 0 spiro atoms. The molecule has 2 aliphatic rings. The van der Waals surface area contributed by atoms with Crippen LogP contribution in [0, 0.1) is 5.92 Å². The quantitative estimate of drug-likeness (QED) is 0.699. The lowest BCUT2D eigenvalue weighted by molar-refractivity contribution is -0.145. The summed E-state index contributed by atoms with van der Waals surface area (Å²) in [6, 6.07) is 11.9.